The van der Waals surface area contributed by atoms with Crippen LogP contribution in [-0.2, 0) is 18.7 Å². The van der Waals surface area contributed by atoms with Crippen LogP contribution in [0.2, 0.25) is 0 Å². The third kappa shape index (κ3) is 9.89. The minimum atomic E-state index is 0.385. The zero-order valence-corrected chi connectivity index (χ0v) is 22.9. The van der Waals surface area contributed by atoms with Crippen molar-refractivity contribution in [1.82, 2.24) is 0 Å². The Bertz CT molecular complexity index is 544. The average molecular weight is 535 g/mol. The molecule has 180 valence electrons. The Balaban J connectivity index is 0.000000238. The van der Waals surface area contributed by atoms with Gasteiger partial charge in [-0.2, -0.15) is 14.1 Å². The summed E-state index contributed by atoms with van der Waals surface area (Å²) in [6, 6.07) is 8.25. The Kier molecular flexibility index (Phi) is 14.8. The standard InChI is InChI=1S/C18H33P.C8H8.C2H6N.Pd/c1-4-10-16(11-5-1)19(17-12-6-2-7-13-17)18-14-8-3-9-15-18;1-7-5-3-4-6-8(7)2;1-3-2;/h16-18H,1-15H2;1,3-6H,2H3;1-2H3;/q;;-1;. The van der Waals surface area contributed by atoms with Gasteiger partial charge in [0.15, 0.2) is 0 Å². The first-order chi connectivity index (χ1) is 15.2. The number of hydrogen-bond acceptors (Lipinski definition) is 0. The number of nitrogens with zero attached hydrogens (tertiary/aromatic N) is 1. The molecule has 0 radical (unpaired) electrons. The molecule has 0 unspecified atom stereocenters. The summed E-state index contributed by atoms with van der Waals surface area (Å²) in [5.74, 6) is 0. The van der Waals surface area contributed by atoms with Crippen LogP contribution in [-0.4, -0.2) is 35.6 Å². The fourth-order valence-corrected chi connectivity index (χ4v) is 10.9. The molecule has 3 aliphatic rings. The molecule has 0 amide bonds. The molecule has 1 nitrogen and oxygen atoms in total. The van der Waals surface area contributed by atoms with Gasteiger partial charge in [-0.25, -0.2) is 0 Å². The van der Waals surface area contributed by atoms with Gasteiger partial charge in [0, 0.05) is 0 Å². The first-order valence-electron chi connectivity index (χ1n) is 12.9. The quantitative estimate of drug-likeness (QED) is 0.271. The van der Waals surface area contributed by atoms with Crippen molar-refractivity contribution >= 4 is 12.4 Å². The monoisotopic (exact) mass is 534 g/mol. The number of hydrogen-bond donors (Lipinski definition) is 0. The van der Waals surface area contributed by atoms with Gasteiger partial charge in [-0.15, -0.1) is 0 Å². The molecule has 0 saturated heterocycles. The Morgan fingerprint density at radius 1 is 0.710 bits per heavy atom. The van der Waals surface area contributed by atoms with E-state index >= 15 is 0 Å². The second kappa shape index (κ2) is 16.7. The van der Waals surface area contributed by atoms with Crippen molar-refractivity contribution in [1.29, 1.82) is 0 Å². The van der Waals surface area contributed by atoms with Gasteiger partial charge in [0.05, 0.1) is 0 Å². The Morgan fingerprint density at radius 2 is 1.06 bits per heavy atom. The van der Waals surface area contributed by atoms with Crippen molar-refractivity contribution in [2.45, 2.75) is 120 Å². The molecule has 3 aliphatic carbocycles. The van der Waals surface area contributed by atoms with Gasteiger partial charge in [0.2, 0.25) is 0 Å². The average Bonchev–Trinajstić information content (AvgIpc) is 2.83. The molecular formula is C28H47NPPd-. The molecule has 0 bridgehead atoms. The molecule has 0 heterocycles. The molecule has 0 atom stereocenters. The van der Waals surface area contributed by atoms with Crippen LogP contribution in [0, 0.1) is 6.92 Å². The van der Waals surface area contributed by atoms with Gasteiger partial charge >= 0.3 is 65.5 Å². The predicted molar refractivity (Wildman–Crippen MR) is 139 cm³/mol. The van der Waals surface area contributed by atoms with Gasteiger partial charge in [-0.05, 0) is 55.5 Å². The summed E-state index contributed by atoms with van der Waals surface area (Å²) in [5.41, 5.74) is 6.14. The molecule has 3 heteroatoms. The number of benzene rings is 1. The third-order valence-corrected chi connectivity index (χ3v) is 11.8. The molecule has 1 aromatic rings. The summed E-state index contributed by atoms with van der Waals surface area (Å²) in [6.07, 6.45) is 23.6. The fraction of sp³-hybridized carbons (Fsp3) is 0.750. The number of rotatable bonds is 4. The Labute approximate surface area is 205 Å². The van der Waals surface area contributed by atoms with Gasteiger partial charge in [-0.1, -0.05) is 65.7 Å². The zero-order valence-electron chi connectivity index (χ0n) is 20.4. The van der Waals surface area contributed by atoms with Crippen molar-refractivity contribution in [3.05, 3.63) is 40.7 Å². The molecule has 0 aromatic heterocycles. The fourth-order valence-electron chi connectivity index (χ4n) is 5.72. The molecule has 3 fully saturated rings. The number of aryl methyl sites for hydroxylation is 1. The molecule has 3 saturated carbocycles. The van der Waals surface area contributed by atoms with Crippen LogP contribution < -0.4 is 0 Å². The van der Waals surface area contributed by atoms with Crippen molar-refractivity contribution in [3.8, 4) is 0 Å². The van der Waals surface area contributed by atoms with Gasteiger partial charge in [0.1, 0.15) is 0 Å². The van der Waals surface area contributed by atoms with Crippen LogP contribution in [0.15, 0.2) is 24.3 Å². The van der Waals surface area contributed by atoms with E-state index in [0.29, 0.717) is 7.92 Å². The minimum absolute atomic E-state index is 0.385. The van der Waals surface area contributed by atoms with E-state index in [-0.39, 0.29) is 0 Å². The van der Waals surface area contributed by atoms with Gasteiger partial charge < -0.3 is 5.32 Å². The maximum atomic E-state index is 3.50. The van der Waals surface area contributed by atoms with Crippen LogP contribution in [0.1, 0.15) is 107 Å². The Hall–Kier alpha value is 0.142. The van der Waals surface area contributed by atoms with E-state index in [1.165, 1.54) is 47.4 Å². The predicted octanol–water partition coefficient (Wildman–Crippen LogP) is 8.78. The third-order valence-electron chi connectivity index (χ3n) is 7.28. The van der Waals surface area contributed by atoms with E-state index in [1.54, 1.807) is 91.1 Å². The van der Waals surface area contributed by atoms with E-state index in [2.05, 4.69) is 43.1 Å². The molecule has 0 spiro atoms. The molecule has 4 rings (SSSR count). The first kappa shape index (κ1) is 27.4. The molecular weight excluding hydrogens is 488 g/mol. The van der Waals surface area contributed by atoms with Crippen molar-refractivity contribution in [2.24, 2.45) is 0 Å². The van der Waals surface area contributed by atoms with Gasteiger partial charge in [-0.3, -0.25) is 0 Å². The van der Waals surface area contributed by atoms with E-state index in [4.69, 9.17) is 0 Å². The first-order valence-corrected chi connectivity index (χ1v) is 15.4. The summed E-state index contributed by atoms with van der Waals surface area (Å²) in [4.78, 5) is 0. The summed E-state index contributed by atoms with van der Waals surface area (Å²) in [7, 11) is 3.88. The summed E-state index contributed by atoms with van der Waals surface area (Å²) >= 11 is 3.04. The zero-order chi connectivity index (χ0) is 22.3. The van der Waals surface area contributed by atoms with Crippen LogP contribution in [0.25, 0.3) is 5.32 Å². The Morgan fingerprint density at radius 3 is 1.35 bits per heavy atom. The van der Waals surface area contributed by atoms with Crippen molar-refractivity contribution in [3.63, 3.8) is 0 Å². The maximum absolute atomic E-state index is 3.50. The summed E-state index contributed by atoms with van der Waals surface area (Å²) in [5, 5.41) is 3.50. The van der Waals surface area contributed by atoms with E-state index < -0.39 is 0 Å². The van der Waals surface area contributed by atoms with E-state index in [9.17, 15) is 0 Å². The van der Waals surface area contributed by atoms with Crippen molar-refractivity contribution < 1.29 is 18.7 Å². The molecule has 31 heavy (non-hydrogen) atoms. The van der Waals surface area contributed by atoms with Crippen LogP contribution in [0.3, 0.4) is 0 Å². The van der Waals surface area contributed by atoms with E-state index in [0.717, 1.165) is 0 Å². The summed E-state index contributed by atoms with van der Waals surface area (Å²) < 4.78 is 1.97. The molecule has 0 N–H and O–H groups in total. The molecule has 1 aromatic carbocycles. The second-order valence-electron chi connectivity index (χ2n) is 9.72. The van der Waals surface area contributed by atoms with Crippen LogP contribution in [0.4, 0.5) is 0 Å². The van der Waals surface area contributed by atoms with Crippen LogP contribution in [0.5, 0.6) is 0 Å². The van der Waals surface area contributed by atoms with Crippen molar-refractivity contribution in [2.75, 3.05) is 14.1 Å². The molecule has 0 aliphatic heterocycles. The SMILES string of the molecule is C1CCC(P(C2CCCCC2)C2CCCCC2)CC1.C[N-]C.Cc1ccccc1[CH]=[Pd]. The van der Waals surface area contributed by atoms with E-state index in [1.807, 2.05) is 16.6 Å². The van der Waals surface area contributed by atoms with Gasteiger partial charge in [0.25, 0.3) is 0 Å². The topological polar surface area (TPSA) is 14.1 Å². The summed E-state index contributed by atoms with van der Waals surface area (Å²) in [6.45, 7) is 2.10. The normalized spacial score (nSPS) is 21.0. The second-order valence-corrected chi connectivity index (χ2v) is 13.3. The van der Waals surface area contributed by atoms with Crippen LogP contribution >= 0.6 is 7.92 Å².